The quantitative estimate of drug-likeness (QED) is 0.770. The van der Waals surface area contributed by atoms with Gasteiger partial charge in [0.15, 0.2) is 0 Å². The maximum Gasteiger partial charge on any atom is 0.220 e. The molecular weight excluding hydrogens is 200 g/mol. The molecule has 2 aliphatic rings. The van der Waals surface area contributed by atoms with Crippen LogP contribution in [0, 0.1) is 5.92 Å². The summed E-state index contributed by atoms with van der Waals surface area (Å²) in [5.74, 6) is 0.627. The first-order valence-electron chi connectivity index (χ1n) is 6.66. The molecule has 2 aliphatic carbocycles. The van der Waals surface area contributed by atoms with E-state index in [-0.39, 0.29) is 17.5 Å². The Balaban J connectivity index is 1.77. The minimum Gasteiger partial charge on any atom is -0.351 e. The Morgan fingerprint density at radius 3 is 2.56 bits per heavy atom. The zero-order valence-electron chi connectivity index (χ0n) is 10.3. The number of hydrogen-bond acceptors (Lipinski definition) is 2. The fourth-order valence-corrected chi connectivity index (χ4v) is 2.95. The molecule has 0 bridgehead atoms. The van der Waals surface area contributed by atoms with Gasteiger partial charge >= 0.3 is 0 Å². The van der Waals surface area contributed by atoms with Gasteiger partial charge in [-0.05, 0) is 44.9 Å². The first-order chi connectivity index (χ1) is 7.59. The van der Waals surface area contributed by atoms with Crippen molar-refractivity contribution < 1.29 is 4.79 Å². The Kier molecular flexibility index (Phi) is 3.53. The monoisotopic (exact) mass is 224 g/mol. The van der Waals surface area contributed by atoms with Crippen molar-refractivity contribution in [3.63, 3.8) is 0 Å². The molecule has 2 fully saturated rings. The van der Waals surface area contributed by atoms with E-state index in [1.807, 2.05) is 0 Å². The van der Waals surface area contributed by atoms with Gasteiger partial charge in [-0.25, -0.2) is 0 Å². The third-order valence-corrected chi connectivity index (χ3v) is 4.31. The molecule has 2 saturated carbocycles. The highest BCUT2D eigenvalue weighted by molar-refractivity contribution is 5.77. The highest BCUT2D eigenvalue weighted by Crippen LogP contribution is 2.32. The molecule has 2 unspecified atom stereocenters. The summed E-state index contributed by atoms with van der Waals surface area (Å²) < 4.78 is 0. The summed E-state index contributed by atoms with van der Waals surface area (Å²) in [6.07, 6.45) is 8.85. The topological polar surface area (TPSA) is 55.1 Å². The highest BCUT2D eigenvalue weighted by atomic mass is 16.1. The van der Waals surface area contributed by atoms with Crippen molar-refractivity contribution >= 4 is 5.91 Å². The summed E-state index contributed by atoms with van der Waals surface area (Å²) >= 11 is 0. The number of rotatable bonds is 3. The van der Waals surface area contributed by atoms with E-state index in [4.69, 9.17) is 5.73 Å². The van der Waals surface area contributed by atoms with Crippen LogP contribution in [0.5, 0.6) is 0 Å². The van der Waals surface area contributed by atoms with Gasteiger partial charge in [0.2, 0.25) is 5.91 Å². The molecule has 16 heavy (non-hydrogen) atoms. The van der Waals surface area contributed by atoms with Crippen molar-refractivity contribution in [1.82, 2.24) is 5.32 Å². The highest BCUT2D eigenvalue weighted by Gasteiger charge is 2.34. The second-order valence-corrected chi connectivity index (χ2v) is 5.87. The van der Waals surface area contributed by atoms with Crippen LogP contribution in [0.2, 0.25) is 0 Å². The minimum atomic E-state index is 0.0931. The second kappa shape index (κ2) is 4.74. The van der Waals surface area contributed by atoms with Crippen molar-refractivity contribution in [2.24, 2.45) is 11.7 Å². The van der Waals surface area contributed by atoms with E-state index in [1.165, 1.54) is 19.3 Å². The Hall–Kier alpha value is -0.570. The molecule has 3 N–H and O–H groups in total. The molecule has 0 aromatic heterocycles. The van der Waals surface area contributed by atoms with E-state index < -0.39 is 0 Å². The predicted molar refractivity (Wildman–Crippen MR) is 64.9 cm³/mol. The fraction of sp³-hybridized carbons (Fsp3) is 0.923. The van der Waals surface area contributed by atoms with Crippen molar-refractivity contribution in [3.05, 3.63) is 0 Å². The lowest BCUT2D eigenvalue weighted by atomic mass is 9.78. The van der Waals surface area contributed by atoms with E-state index >= 15 is 0 Å². The van der Waals surface area contributed by atoms with Crippen LogP contribution in [-0.4, -0.2) is 17.5 Å². The van der Waals surface area contributed by atoms with Gasteiger partial charge in [0.25, 0.3) is 0 Å². The molecule has 3 heteroatoms. The average molecular weight is 224 g/mol. The van der Waals surface area contributed by atoms with Gasteiger partial charge in [0.1, 0.15) is 0 Å². The van der Waals surface area contributed by atoms with Crippen LogP contribution in [0.3, 0.4) is 0 Å². The SMILES string of the molecule is CC1(NC(=O)CC2CCCCC2N)CCC1. The standard InChI is InChI=1S/C13H24N2O/c1-13(7-4-8-13)15-12(16)9-10-5-2-3-6-11(10)14/h10-11H,2-9,14H2,1H3,(H,15,16). The molecule has 92 valence electrons. The van der Waals surface area contributed by atoms with Crippen LogP contribution in [0.4, 0.5) is 0 Å². The molecule has 2 atom stereocenters. The normalized spacial score (nSPS) is 32.9. The number of carbonyl (C=O) groups is 1. The van der Waals surface area contributed by atoms with E-state index in [0.29, 0.717) is 12.3 Å². The molecule has 0 saturated heterocycles. The van der Waals surface area contributed by atoms with Crippen LogP contribution in [0.25, 0.3) is 0 Å². The lowest BCUT2D eigenvalue weighted by Gasteiger charge is -2.40. The van der Waals surface area contributed by atoms with Crippen LogP contribution >= 0.6 is 0 Å². The maximum absolute atomic E-state index is 11.9. The van der Waals surface area contributed by atoms with Crippen molar-refractivity contribution in [3.8, 4) is 0 Å². The maximum atomic E-state index is 11.9. The van der Waals surface area contributed by atoms with E-state index in [1.54, 1.807) is 0 Å². The third kappa shape index (κ3) is 2.76. The smallest absolute Gasteiger partial charge is 0.220 e. The predicted octanol–water partition coefficient (Wildman–Crippen LogP) is 1.95. The molecule has 3 nitrogen and oxygen atoms in total. The van der Waals surface area contributed by atoms with Gasteiger partial charge in [-0.1, -0.05) is 12.8 Å². The summed E-state index contributed by atoms with van der Waals surface area (Å²) in [4.78, 5) is 11.9. The largest absolute Gasteiger partial charge is 0.351 e. The van der Waals surface area contributed by atoms with E-state index in [2.05, 4.69) is 12.2 Å². The zero-order chi connectivity index (χ0) is 11.6. The van der Waals surface area contributed by atoms with Gasteiger partial charge in [-0.3, -0.25) is 4.79 Å². The zero-order valence-corrected chi connectivity index (χ0v) is 10.3. The van der Waals surface area contributed by atoms with Gasteiger partial charge in [-0.15, -0.1) is 0 Å². The molecule has 0 aliphatic heterocycles. The van der Waals surface area contributed by atoms with Crippen molar-refractivity contribution in [2.45, 2.75) is 69.9 Å². The Labute approximate surface area is 98.2 Å². The summed E-state index contributed by atoms with van der Waals surface area (Å²) in [6, 6.07) is 0.244. The van der Waals surface area contributed by atoms with Gasteiger partial charge in [0.05, 0.1) is 0 Å². The van der Waals surface area contributed by atoms with E-state index in [9.17, 15) is 4.79 Å². The Bertz CT molecular complexity index is 261. The van der Waals surface area contributed by atoms with Gasteiger partial charge in [-0.2, -0.15) is 0 Å². The fourth-order valence-electron chi connectivity index (χ4n) is 2.95. The molecule has 0 aromatic rings. The summed E-state index contributed by atoms with van der Waals surface area (Å²) in [5.41, 5.74) is 6.15. The molecule has 0 spiro atoms. The molecule has 2 rings (SSSR count). The van der Waals surface area contributed by atoms with Gasteiger partial charge < -0.3 is 11.1 Å². The van der Waals surface area contributed by atoms with Crippen molar-refractivity contribution in [1.29, 1.82) is 0 Å². The lowest BCUT2D eigenvalue weighted by molar-refractivity contribution is -0.125. The molecule has 0 heterocycles. The Morgan fingerprint density at radius 2 is 2.00 bits per heavy atom. The minimum absolute atomic E-state index is 0.0931. The average Bonchev–Trinajstić information content (AvgIpc) is 2.19. The first-order valence-corrected chi connectivity index (χ1v) is 6.66. The first kappa shape index (κ1) is 11.9. The van der Waals surface area contributed by atoms with Gasteiger partial charge in [0, 0.05) is 18.0 Å². The van der Waals surface area contributed by atoms with Crippen LogP contribution in [0.1, 0.15) is 58.3 Å². The van der Waals surface area contributed by atoms with E-state index in [0.717, 1.165) is 25.7 Å². The number of carbonyl (C=O) groups excluding carboxylic acids is 1. The summed E-state index contributed by atoms with van der Waals surface area (Å²) in [7, 11) is 0. The Morgan fingerprint density at radius 1 is 1.31 bits per heavy atom. The number of amides is 1. The molecular formula is C13H24N2O. The molecule has 0 radical (unpaired) electrons. The third-order valence-electron chi connectivity index (χ3n) is 4.31. The number of nitrogens with one attached hydrogen (secondary N) is 1. The van der Waals surface area contributed by atoms with Crippen LogP contribution in [-0.2, 0) is 4.79 Å². The summed E-state index contributed by atoms with van der Waals surface area (Å²) in [5, 5.41) is 3.17. The molecule has 1 amide bonds. The second-order valence-electron chi connectivity index (χ2n) is 5.87. The van der Waals surface area contributed by atoms with Crippen molar-refractivity contribution in [2.75, 3.05) is 0 Å². The summed E-state index contributed by atoms with van der Waals surface area (Å²) in [6.45, 7) is 2.15. The number of nitrogens with two attached hydrogens (primary N) is 1. The molecule has 0 aromatic carbocycles. The lowest BCUT2D eigenvalue weighted by Crippen LogP contribution is -2.51. The van der Waals surface area contributed by atoms with Crippen LogP contribution < -0.4 is 11.1 Å². The number of hydrogen-bond donors (Lipinski definition) is 2. The van der Waals surface area contributed by atoms with Crippen LogP contribution in [0.15, 0.2) is 0 Å².